The molecule has 20 heavy (non-hydrogen) atoms. The molecular formula is C15H15NO4. The third-order valence-corrected chi connectivity index (χ3v) is 2.90. The van der Waals surface area contributed by atoms with E-state index in [0.29, 0.717) is 17.7 Å². The molecule has 2 aromatic carbocycles. The predicted octanol–water partition coefficient (Wildman–Crippen LogP) is 3.08. The van der Waals surface area contributed by atoms with E-state index >= 15 is 0 Å². The van der Waals surface area contributed by atoms with Crippen LogP contribution in [0.1, 0.15) is 24.2 Å². The van der Waals surface area contributed by atoms with Gasteiger partial charge in [0.2, 0.25) is 0 Å². The average Bonchev–Trinajstić information content (AvgIpc) is 2.48. The molecule has 0 amide bonds. The molecule has 0 saturated heterocycles. The van der Waals surface area contributed by atoms with Gasteiger partial charge < -0.3 is 9.84 Å². The van der Waals surface area contributed by atoms with Crippen LogP contribution in [0.3, 0.4) is 0 Å². The highest BCUT2D eigenvalue weighted by Gasteiger charge is 2.14. The topological polar surface area (TPSA) is 72.6 Å². The van der Waals surface area contributed by atoms with E-state index < -0.39 is 11.0 Å². The summed E-state index contributed by atoms with van der Waals surface area (Å²) in [7, 11) is 0. The van der Waals surface area contributed by atoms with Gasteiger partial charge >= 0.3 is 0 Å². The van der Waals surface area contributed by atoms with Crippen LogP contribution >= 0.6 is 0 Å². The molecule has 0 aromatic heterocycles. The largest absolute Gasteiger partial charge is 0.494 e. The van der Waals surface area contributed by atoms with Gasteiger partial charge in [-0.1, -0.05) is 24.3 Å². The number of benzene rings is 2. The number of rotatable bonds is 5. The van der Waals surface area contributed by atoms with Crippen molar-refractivity contribution in [1.82, 2.24) is 0 Å². The molecule has 2 rings (SSSR count). The Morgan fingerprint density at radius 1 is 1.20 bits per heavy atom. The molecule has 0 unspecified atom stereocenters. The highest BCUT2D eigenvalue weighted by atomic mass is 16.6. The van der Waals surface area contributed by atoms with Gasteiger partial charge in [0.05, 0.1) is 11.5 Å². The summed E-state index contributed by atoms with van der Waals surface area (Å²) in [6, 6.07) is 13.0. The molecule has 0 radical (unpaired) electrons. The Morgan fingerprint density at radius 3 is 2.50 bits per heavy atom. The summed E-state index contributed by atoms with van der Waals surface area (Å²) in [5.41, 5.74) is 1.12. The van der Waals surface area contributed by atoms with Crippen molar-refractivity contribution in [1.29, 1.82) is 0 Å². The Bertz CT molecular complexity index is 595. The molecule has 0 aliphatic carbocycles. The quantitative estimate of drug-likeness (QED) is 0.671. The van der Waals surface area contributed by atoms with Crippen molar-refractivity contribution in [2.24, 2.45) is 0 Å². The number of aliphatic hydroxyl groups excluding tert-OH is 1. The van der Waals surface area contributed by atoms with Crippen LogP contribution < -0.4 is 4.74 Å². The highest BCUT2D eigenvalue weighted by Crippen LogP contribution is 2.26. The minimum atomic E-state index is -0.898. The molecular weight excluding hydrogens is 258 g/mol. The first-order valence-corrected chi connectivity index (χ1v) is 6.27. The summed E-state index contributed by atoms with van der Waals surface area (Å²) in [4.78, 5) is 10.3. The minimum Gasteiger partial charge on any atom is -0.494 e. The highest BCUT2D eigenvalue weighted by molar-refractivity contribution is 5.40. The Balaban J connectivity index is 2.24. The first-order chi connectivity index (χ1) is 9.61. The van der Waals surface area contributed by atoms with Gasteiger partial charge in [-0.05, 0) is 30.2 Å². The number of hydrogen-bond acceptors (Lipinski definition) is 4. The van der Waals surface area contributed by atoms with Crippen molar-refractivity contribution in [3.8, 4) is 5.75 Å². The fourth-order valence-corrected chi connectivity index (χ4v) is 1.91. The van der Waals surface area contributed by atoms with E-state index in [1.165, 1.54) is 12.1 Å². The van der Waals surface area contributed by atoms with Crippen molar-refractivity contribution < 1.29 is 14.8 Å². The second kappa shape index (κ2) is 6.16. The minimum absolute atomic E-state index is 0.0347. The third-order valence-electron chi connectivity index (χ3n) is 2.90. The molecule has 0 spiro atoms. The number of non-ortho nitro benzene ring substituents is 1. The molecule has 5 nitrogen and oxygen atoms in total. The van der Waals surface area contributed by atoms with E-state index in [1.807, 2.05) is 6.92 Å². The molecule has 1 atom stereocenters. The van der Waals surface area contributed by atoms with Crippen molar-refractivity contribution >= 4 is 5.69 Å². The van der Waals surface area contributed by atoms with Gasteiger partial charge in [0.15, 0.2) is 0 Å². The lowest BCUT2D eigenvalue weighted by molar-refractivity contribution is -0.385. The van der Waals surface area contributed by atoms with Gasteiger partial charge in [-0.25, -0.2) is 0 Å². The third kappa shape index (κ3) is 3.13. The summed E-state index contributed by atoms with van der Waals surface area (Å²) < 4.78 is 5.33. The maximum absolute atomic E-state index is 10.7. The summed E-state index contributed by atoms with van der Waals surface area (Å²) in [5, 5.41) is 21.0. The number of hydrogen-bond donors (Lipinski definition) is 1. The second-order valence-electron chi connectivity index (χ2n) is 4.26. The molecule has 2 aromatic rings. The van der Waals surface area contributed by atoms with E-state index in [0.717, 1.165) is 5.75 Å². The predicted molar refractivity (Wildman–Crippen MR) is 74.8 cm³/mol. The number of nitro groups is 1. The van der Waals surface area contributed by atoms with E-state index in [-0.39, 0.29) is 5.69 Å². The van der Waals surface area contributed by atoms with E-state index in [1.54, 1.807) is 36.4 Å². The molecule has 0 heterocycles. The van der Waals surface area contributed by atoms with Gasteiger partial charge in [0, 0.05) is 12.1 Å². The first kappa shape index (κ1) is 14.0. The lowest BCUT2D eigenvalue weighted by Gasteiger charge is -2.12. The van der Waals surface area contributed by atoms with Crippen LogP contribution in [0.25, 0.3) is 0 Å². The Hall–Kier alpha value is -2.40. The van der Waals surface area contributed by atoms with Gasteiger partial charge in [0.25, 0.3) is 5.69 Å². The number of ether oxygens (including phenoxy) is 1. The van der Waals surface area contributed by atoms with Crippen LogP contribution in [0.5, 0.6) is 5.75 Å². The Kier molecular flexibility index (Phi) is 4.32. The Labute approximate surface area is 116 Å². The lowest BCUT2D eigenvalue weighted by Crippen LogP contribution is -2.01. The number of nitrogens with zero attached hydrogens (tertiary/aromatic N) is 1. The molecule has 0 aliphatic heterocycles. The van der Waals surface area contributed by atoms with Crippen LogP contribution in [0.2, 0.25) is 0 Å². The molecule has 0 bridgehead atoms. The normalized spacial score (nSPS) is 11.9. The fourth-order valence-electron chi connectivity index (χ4n) is 1.91. The lowest BCUT2D eigenvalue weighted by atomic mass is 10.0. The molecule has 0 saturated carbocycles. The summed E-state index contributed by atoms with van der Waals surface area (Å²) in [6.45, 7) is 2.47. The molecule has 1 N–H and O–H groups in total. The summed E-state index contributed by atoms with van der Waals surface area (Å²) in [5.74, 6) is 0.725. The van der Waals surface area contributed by atoms with Crippen LogP contribution in [-0.4, -0.2) is 16.6 Å². The van der Waals surface area contributed by atoms with Gasteiger partial charge in [-0.2, -0.15) is 0 Å². The van der Waals surface area contributed by atoms with E-state index in [9.17, 15) is 15.2 Å². The zero-order chi connectivity index (χ0) is 14.5. The number of aliphatic hydroxyl groups is 1. The van der Waals surface area contributed by atoms with Gasteiger partial charge in [0.1, 0.15) is 11.9 Å². The fraction of sp³-hybridized carbons (Fsp3) is 0.200. The molecule has 5 heteroatoms. The van der Waals surface area contributed by atoms with Crippen LogP contribution in [-0.2, 0) is 0 Å². The maximum Gasteiger partial charge on any atom is 0.269 e. The van der Waals surface area contributed by atoms with Crippen LogP contribution in [0, 0.1) is 10.1 Å². The SMILES string of the molecule is CCOc1ccc([C@@H](O)c2cccc([N+](=O)[O-])c2)cc1. The smallest absolute Gasteiger partial charge is 0.269 e. The zero-order valence-corrected chi connectivity index (χ0v) is 11.0. The van der Waals surface area contributed by atoms with Crippen LogP contribution in [0.4, 0.5) is 5.69 Å². The van der Waals surface area contributed by atoms with E-state index in [4.69, 9.17) is 4.74 Å². The van der Waals surface area contributed by atoms with Crippen molar-refractivity contribution in [2.45, 2.75) is 13.0 Å². The standard InChI is InChI=1S/C15H15NO4/c1-2-20-14-8-6-11(7-9-14)15(17)12-4-3-5-13(10-12)16(18)19/h3-10,15,17H,2H2,1H3/t15-/m1/s1. The molecule has 0 fully saturated rings. The van der Waals surface area contributed by atoms with Crippen molar-refractivity contribution in [3.63, 3.8) is 0 Å². The van der Waals surface area contributed by atoms with Crippen molar-refractivity contribution in [3.05, 3.63) is 69.8 Å². The van der Waals surface area contributed by atoms with Gasteiger partial charge in [-0.3, -0.25) is 10.1 Å². The summed E-state index contributed by atoms with van der Waals surface area (Å²) >= 11 is 0. The zero-order valence-electron chi connectivity index (χ0n) is 11.0. The Morgan fingerprint density at radius 2 is 1.90 bits per heavy atom. The summed E-state index contributed by atoms with van der Waals surface area (Å²) in [6.07, 6.45) is -0.898. The maximum atomic E-state index is 10.7. The number of nitro benzene ring substituents is 1. The molecule has 104 valence electrons. The first-order valence-electron chi connectivity index (χ1n) is 6.27. The molecule has 0 aliphatic rings. The van der Waals surface area contributed by atoms with Crippen LogP contribution in [0.15, 0.2) is 48.5 Å². The monoisotopic (exact) mass is 273 g/mol. The second-order valence-corrected chi connectivity index (χ2v) is 4.26. The van der Waals surface area contributed by atoms with E-state index in [2.05, 4.69) is 0 Å². The van der Waals surface area contributed by atoms with Crippen molar-refractivity contribution in [2.75, 3.05) is 6.61 Å². The van der Waals surface area contributed by atoms with Gasteiger partial charge in [-0.15, -0.1) is 0 Å². The average molecular weight is 273 g/mol.